The maximum Gasteiger partial charge on any atom is 0.158 e. The predicted molar refractivity (Wildman–Crippen MR) is 70.8 cm³/mol. The molecule has 0 aliphatic carbocycles. The number of rotatable bonds is 3. The van der Waals surface area contributed by atoms with Crippen LogP contribution in [0.5, 0.6) is 5.75 Å². The van der Waals surface area contributed by atoms with Gasteiger partial charge in [0.25, 0.3) is 0 Å². The van der Waals surface area contributed by atoms with Crippen LogP contribution in [0.15, 0.2) is 53.7 Å². The summed E-state index contributed by atoms with van der Waals surface area (Å²) in [4.78, 5) is 5.17. The van der Waals surface area contributed by atoms with E-state index in [0.29, 0.717) is 16.3 Å². The lowest BCUT2D eigenvalue weighted by Gasteiger charge is -1.98. The fourth-order valence-electron chi connectivity index (χ4n) is 1.31. The molecule has 0 atom stereocenters. The Morgan fingerprint density at radius 2 is 1.83 bits per heavy atom. The fraction of sp³-hybridized carbons (Fsp3) is 0. The van der Waals surface area contributed by atoms with Gasteiger partial charge in [0, 0.05) is 10.6 Å². The first-order valence-corrected chi connectivity index (χ1v) is 5.62. The minimum atomic E-state index is 0.567. The summed E-state index contributed by atoms with van der Waals surface area (Å²) >= 11 is 5.96. The third kappa shape index (κ3) is 3.09. The Bertz CT molecular complexity index is 600. The molecular formula is C14H9ClN2O. The second-order valence-electron chi connectivity index (χ2n) is 3.48. The van der Waals surface area contributed by atoms with Crippen molar-refractivity contribution in [1.82, 2.24) is 0 Å². The van der Waals surface area contributed by atoms with Gasteiger partial charge < -0.3 is 4.84 Å². The van der Waals surface area contributed by atoms with Crippen molar-refractivity contribution >= 4 is 17.8 Å². The zero-order valence-electron chi connectivity index (χ0n) is 9.38. The summed E-state index contributed by atoms with van der Waals surface area (Å²) in [5.74, 6) is 0.567. The number of nitriles is 1. The Morgan fingerprint density at radius 1 is 1.11 bits per heavy atom. The molecular weight excluding hydrogens is 248 g/mol. The number of nitrogens with zero attached hydrogens (tertiary/aromatic N) is 2. The minimum Gasteiger partial charge on any atom is -0.357 e. The fourth-order valence-corrected chi connectivity index (χ4v) is 1.50. The minimum absolute atomic E-state index is 0.567. The smallest absolute Gasteiger partial charge is 0.158 e. The highest BCUT2D eigenvalue weighted by Crippen LogP contribution is 2.14. The van der Waals surface area contributed by atoms with Crippen molar-refractivity contribution in [2.75, 3.05) is 0 Å². The van der Waals surface area contributed by atoms with E-state index in [9.17, 15) is 0 Å². The molecule has 0 aliphatic rings. The van der Waals surface area contributed by atoms with E-state index in [1.165, 1.54) is 0 Å². The Labute approximate surface area is 110 Å². The molecule has 0 N–H and O–H groups in total. The third-order valence-corrected chi connectivity index (χ3v) is 2.58. The number of halogens is 1. The Kier molecular flexibility index (Phi) is 3.95. The van der Waals surface area contributed by atoms with Crippen LogP contribution < -0.4 is 4.84 Å². The van der Waals surface area contributed by atoms with Gasteiger partial charge >= 0.3 is 0 Å². The van der Waals surface area contributed by atoms with Crippen LogP contribution in [-0.4, -0.2) is 6.21 Å². The third-order valence-electron chi connectivity index (χ3n) is 2.24. The van der Waals surface area contributed by atoms with Crippen LogP contribution in [0.3, 0.4) is 0 Å². The van der Waals surface area contributed by atoms with Crippen LogP contribution in [0.1, 0.15) is 11.1 Å². The van der Waals surface area contributed by atoms with Crippen molar-refractivity contribution in [1.29, 1.82) is 5.26 Å². The van der Waals surface area contributed by atoms with E-state index in [1.807, 2.05) is 24.3 Å². The number of hydrogen-bond acceptors (Lipinski definition) is 3. The first-order valence-electron chi connectivity index (χ1n) is 5.24. The molecule has 0 amide bonds. The molecule has 4 heteroatoms. The van der Waals surface area contributed by atoms with Gasteiger partial charge in [0.05, 0.1) is 17.8 Å². The second kappa shape index (κ2) is 5.85. The van der Waals surface area contributed by atoms with Gasteiger partial charge in [-0.15, -0.1) is 0 Å². The summed E-state index contributed by atoms with van der Waals surface area (Å²) in [6.07, 6.45) is 1.54. The lowest BCUT2D eigenvalue weighted by molar-refractivity contribution is 0.344. The van der Waals surface area contributed by atoms with Crippen molar-refractivity contribution in [2.45, 2.75) is 0 Å². The van der Waals surface area contributed by atoms with Gasteiger partial charge in [0.1, 0.15) is 0 Å². The lowest BCUT2D eigenvalue weighted by atomic mass is 10.2. The van der Waals surface area contributed by atoms with E-state index in [2.05, 4.69) is 5.16 Å². The van der Waals surface area contributed by atoms with Gasteiger partial charge in [-0.05, 0) is 30.3 Å². The van der Waals surface area contributed by atoms with Crippen LogP contribution in [0.25, 0.3) is 0 Å². The highest BCUT2D eigenvalue weighted by Gasteiger charge is 1.96. The first kappa shape index (κ1) is 12.2. The van der Waals surface area contributed by atoms with Gasteiger partial charge in [-0.2, -0.15) is 5.26 Å². The average molecular weight is 257 g/mol. The molecule has 0 radical (unpaired) electrons. The Balaban J connectivity index is 2.03. The van der Waals surface area contributed by atoms with Crippen molar-refractivity contribution in [3.05, 3.63) is 64.7 Å². The first-order chi connectivity index (χ1) is 8.79. The monoisotopic (exact) mass is 256 g/mol. The molecule has 2 aromatic rings. The molecule has 0 saturated carbocycles. The highest BCUT2D eigenvalue weighted by molar-refractivity contribution is 6.33. The molecule has 0 aromatic heterocycles. The molecule has 0 spiro atoms. The Morgan fingerprint density at radius 3 is 2.50 bits per heavy atom. The molecule has 0 bridgehead atoms. The molecule has 88 valence electrons. The molecule has 0 saturated heterocycles. The van der Waals surface area contributed by atoms with Crippen LogP contribution in [0.2, 0.25) is 5.02 Å². The summed E-state index contributed by atoms with van der Waals surface area (Å²) < 4.78 is 0. The maximum atomic E-state index is 8.65. The summed E-state index contributed by atoms with van der Waals surface area (Å²) in [6, 6.07) is 16.1. The van der Waals surface area contributed by atoms with Crippen molar-refractivity contribution in [2.24, 2.45) is 5.16 Å². The van der Waals surface area contributed by atoms with Crippen molar-refractivity contribution in [3.63, 3.8) is 0 Å². The standard InChI is InChI=1S/C14H9ClN2O/c15-14-4-2-1-3-12(14)10-17-18-13-7-5-11(9-16)6-8-13/h1-8,10H/b17-10+. The SMILES string of the molecule is N#Cc1ccc(O/N=C/c2ccccc2Cl)cc1. The number of oxime groups is 1. The number of benzene rings is 2. The zero-order chi connectivity index (χ0) is 12.8. The molecule has 3 nitrogen and oxygen atoms in total. The number of hydrogen-bond donors (Lipinski definition) is 0. The van der Waals surface area contributed by atoms with E-state index < -0.39 is 0 Å². The van der Waals surface area contributed by atoms with Gasteiger partial charge in [0.2, 0.25) is 0 Å². The average Bonchev–Trinajstić information content (AvgIpc) is 2.42. The summed E-state index contributed by atoms with van der Waals surface area (Å²) in [6.45, 7) is 0. The predicted octanol–water partition coefficient (Wildman–Crippen LogP) is 3.62. The zero-order valence-corrected chi connectivity index (χ0v) is 10.1. The van der Waals surface area contributed by atoms with E-state index in [-0.39, 0.29) is 0 Å². The molecule has 0 fully saturated rings. The molecule has 0 unspecified atom stereocenters. The Hall–Kier alpha value is -2.31. The molecule has 18 heavy (non-hydrogen) atoms. The van der Waals surface area contributed by atoms with Gasteiger partial charge in [-0.3, -0.25) is 0 Å². The van der Waals surface area contributed by atoms with E-state index in [0.717, 1.165) is 5.56 Å². The maximum absolute atomic E-state index is 8.65. The summed E-state index contributed by atoms with van der Waals surface area (Å²) in [5.41, 5.74) is 1.37. The van der Waals surface area contributed by atoms with E-state index in [1.54, 1.807) is 36.5 Å². The largest absolute Gasteiger partial charge is 0.357 e. The van der Waals surface area contributed by atoms with E-state index >= 15 is 0 Å². The molecule has 2 aromatic carbocycles. The van der Waals surface area contributed by atoms with Gasteiger partial charge in [0.15, 0.2) is 5.75 Å². The molecule has 2 rings (SSSR count). The van der Waals surface area contributed by atoms with Crippen LogP contribution in [0.4, 0.5) is 0 Å². The van der Waals surface area contributed by atoms with Crippen molar-refractivity contribution in [3.8, 4) is 11.8 Å². The van der Waals surface area contributed by atoms with Gasteiger partial charge in [-0.25, -0.2) is 0 Å². The second-order valence-corrected chi connectivity index (χ2v) is 3.89. The normalized spacial score (nSPS) is 10.2. The quantitative estimate of drug-likeness (QED) is 0.622. The van der Waals surface area contributed by atoms with Crippen LogP contribution >= 0.6 is 11.6 Å². The summed E-state index contributed by atoms with van der Waals surface area (Å²) in [5, 5.41) is 13.1. The topological polar surface area (TPSA) is 45.4 Å². The highest BCUT2D eigenvalue weighted by atomic mass is 35.5. The molecule has 0 heterocycles. The van der Waals surface area contributed by atoms with Crippen LogP contribution in [-0.2, 0) is 0 Å². The molecule has 0 aliphatic heterocycles. The van der Waals surface area contributed by atoms with Crippen LogP contribution in [0, 0.1) is 11.3 Å². The van der Waals surface area contributed by atoms with Crippen molar-refractivity contribution < 1.29 is 4.84 Å². The van der Waals surface area contributed by atoms with E-state index in [4.69, 9.17) is 21.7 Å². The lowest BCUT2D eigenvalue weighted by Crippen LogP contribution is -1.87. The van der Waals surface area contributed by atoms with Gasteiger partial charge in [-0.1, -0.05) is 35.0 Å². The summed E-state index contributed by atoms with van der Waals surface area (Å²) in [7, 11) is 0.